The first-order valence-electron chi connectivity index (χ1n) is 10.8. The summed E-state index contributed by atoms with van der Waals surface area (Å²) in [7, 11) is 1.46. The molecule has 0 aliphatic carbocycles. The first kappa shape index (κ1) is 23.2. The van der Waals surface area contributed by atoms with Gasteiger partial charge in [0.05, 0.1) is 29.8 Å². The van der Waals surface area contributed by atoms with E-state index >= 15 is 0 Å². The average Bonchev–Trinajstić information content (AvgIpc) is 3.36. The van der Waals surface area contributed by atoms with Crippen molar-refractivity contribution in [1.29, 1.82) is 0 Å². The minimum atomic E-state index is -0.742. The molecule has 12 heteroatoms. The van der Waals surface area contributed by atoms with Gasteiger partial charge in [0.25, 0.3) is 11.7 Å². The van der Waals surface area contributed by atoms with Crippen LogP contribution in [0.4, 0.5) is 4.79 Å². The summed E-state index contributed by atoms with van der Waals surface area (Å²) in [6.45, 7) is 8.35. The van der Waals surface area contributed by atoms with E-state index in [2.05, 4.69) is 25.4 Å². The topological polar surface area (TPSA) is 144 Å². The number of aromatic nitrogens is 5. The zero-order valence-corrected chi connectivity index (χ0v) is 19.7. The molecular weight excluding hydrogens is 442 g/mol. The van der Waals surface area contributed by atoms with Crippen molar-refractivity contribution in [3.05, 3.63) is 30.1 Å². The highest BCUT2D eigenvalue weighted by molar-refractivity contribution is 6.45. The second kappa shape index (κ2) is 8.76. The molecular formula is C22H27N7O5. The van der Waals surface area contributed by atoms with Gasteiger partial charge >= 0.3 is 6.09 Å². The minimum absolute atomic E-state index is 0.0492. The largest absolute Gasteiger partial charge is 0.494 e. The van der Waals surface area contributed by atoms with Gasteiger partial charge in [-0.2, -0.15) is 5.10 Å². The van der Waals surface area contributed by atoms with E-state index in [0.717, 1.165) is 0 Å². The second-order valence-corrected chi connectivity index (χ2v) is 9.13. The van der Waals surface area contributed by atoms with Crippen molar-refractivity contribution in [3.8, 4) is 11.6 Å². The molecule has 3 aromatic heterocycles. The number of pyridine rings is 1. The smallest absolute Gasteiger partial charge is 0.410 e. The number of hydrogen-bond acceptors (Lipinski definition) is 8. The highest BCUT2D eigenvalue weighted by Crippen LogP contribution is 2.31. The number of amides is 2. The highest BCUT2D eigenvalue weighted by atomic mass is 16.6. The van der Waals surface area contributed by atoms with Gasteiger partial charge in [-0.3, -0.25) is 9.59 Å². The van der Waals surface area contributed by atoms with E-state index in [9.17, 15) is 14.4 Å². The maximum atomic E-state index is 13.0. The lowest BCUT2D eigenvalue weighted by molar-refractivity contribution is -0.117. The fourth-order valence-electron chi connectivity index (χ4n) is 3.67. The maximum Gasteiger partial charge on any atom is 0.410 e. The Labute approximate surface area is 195 Å². The fourth-order valence-corrected chi connectivity index (χ4v) is 3.67. The maximum absolute atomic E-state index is 13.0. The van der Waals surface area contributed by atoms with E-state index in [1.165, 1.54) is 30.5 Å². The number of rotatable bonds is 6. The lowest BCUT2D eigenvalue weighted by Crippen LogP contribution is -2.55. The van der Waals surface area contributed by atoms with Crippen molar-refractivity contribution < 1.29 is 23.9 Å². The van der Waals surface area contributed by atoms with Crippen LogP contribution in [0.2, 0.25) is 0 Å². The number of H-pyrrole nitrogens is 1. The third kappa shape index (κ3) is 4.56. The van der Waals surface area contributed by atoms with Gasteiger partial charge in [-0.15, -0.1) is 0 Å². The van der Waals surface area contributed by atoms with Crippen LogP contribution in [0.5, 0.6) is 5.75 Å². The van der Waals surface area contributed by atoms with Gasteiger partial charge in [0, 0.05) is 31.7 Å². The van der Waals surface area contributed by atoms with Crippen molar-refractivity contribution in [2.24, 2.45) is 5.92 Å². The zero-order valence-electron chi connectivity index (χ0n) is 19.7. The van der Waals surface area contributed by atoms with E-state index in [1.54, 1.807) is 32.6 Å². The van der Waals surface area contributed by atoms with Crippen LogP contribution in [0.15, 0.2) is 18.7 Å². The van der Waals surface area contributed by atoms with E-state index in [1.807, 2.05) is 0 Å². The Morgan fingerprint density at radius 1 is 1.24 bits per heavy atom. The highest BCUT2D eigenvalue weighted by Gasteiger charge is 2.34. The number of methoxy groups -OCH3 is 1. The fraction of sp³-hybridized carbons (Fsp3) is 0.455. The summed E-state index contributed by atoms with van der Waals surface area (Å²) in [5.74, 6) is -0.0664. The standard InChI is InChI=1S/C22H27N7O5/c1-12-26-11-29(27-12)19-17-16(15(33-5)8-24-19)14(7-23-17)18(30)20(31)25-6-13-9-28(10-13)21(32)34-22(2,3)4/h7-8,11,13,23H,6,9-10H2,1-5H3,(H,25,31). The van der Waals surface area contributed by atoms with Crippen molar-refractivity contribution in [2.45, 2.75) is 33.3 Å². The Balaban J connectivity index is 1.44. The summed E-state index contributed by atoms with van der Waals surface area (Å²) in [5.41, 5.74) is 0.0898. The molecule has 3 aromatic rings. The molecule has 2 amide bonds. The quantitative estimate of drug-likeness (QED) is 0.409. The molecule has 2 N–H and O–H groups in total. The van der Waals surface area contributed by atoms with Gasteiger partial charge in [-0.05, 0) is 27.7 Å². The molecule has 0 spiro atoms. The molecule has 12 nitrogen and oxygen atoms in total. The molecule has 180 valence electrons. The molecule has 4 heterocycles. The second-order valence-electron chi connectivity index (χ2n) is 9.13. The first-order chi connectivity index (χ1) is 16.1. The number of ketones is 1. The number of hydrogen-bond donors (Lipinski definition) is 2. The number of Topliss-reactive ketones (excluding diaryl/α,β-unsaturated/α-hetero) is 1. The average molecular weight is 470 g/mol. The first-order valence-corrected chi connectivity index (χ1v) is 10.8. The van der Waals surface area contributed by atoms with Crippen LogP contribution >= 0.6 is 0 Å². The molecule has 1 fully saturated rings. The van der Waals surface area contributed by atoms with E-state index < -0.39 is 17.3 Å². The van der Waals surface area contributed by atoms with Gasteiger partial charge in [-0.1, -0.05) is 0 Å². The molecule has 0 bridgehead atoms. The Kier molecular flexibility index (Phi) is 5.98. The van der Waals surface area contributed by atoms with Crippen molar-refractivity contribution in [3.63, 3.8) is 0 Å². The van der Waals surface area contributed by atoms with Crippen LogP contribution in [0, 0.1) is 12.8 Å². The third-order valence-electron chi connectivity index (χ3n) is 5.31. The molecule has 0 saturated carbocycles. The van der Waals surface area contributed by atoms with Gasteiger partial charge < -0.3 is 24.7 Å². The lowest BCUT2D eigenvalue weighted by Gasteiger charge is -2.39. The molecule has 34 heavy (non-hydrogen) atoms. The lowest BCUT2D eigenvalue weighted by atomic mass is 10.0. The number of carbonyl (C=O) groups is 3. The van der Waals surface area contributed by atoms with Gasteiger partial charge in [-0.25, -0.2) is 19.4 Å². The summed E-state index contributed by atoms with van der Waals surface area (Å²) >= 11 is 0. The molecule has 0 unspecified atom stereocenters. The Bertz CT molecular complexity index is 1250. The number of nitrogens with one attached hydrogen (secondary N) is 2. The third-order valence-corrected chi connectivity index (χ3v) is 5.31. The van der Waals surface area contributed by atoms with E-state index in [-0.39, 0.29) is 24.1 Å². The van der Waals surface area contributed by atoms with E-state index in [4.69, 9.17) is 9.47 Å². The van der Waals surface area contributed by atoms with Gasteiger partial charge in [0.15, 0.2) is 5.82 Å². The van der Waals surface area contributed by atoms with Crippen LogP contribution in [-0.4, -0.2) is 79.8 Å². The predicted octanol–water partition coefficient (Wildman–Crippen LogP) is 1.63. The van der Waals surface area contributed by atoms with Crippen LogP contribution < -0.4 is 10.1 Å². The molecule has 0 atom stereocenters. The van der Waals surface area contributed by atoms with Gasteiger partial charge in [0.1, 0.15) is 23.5 Å². The van der Waals surface area contributed by atoms with Crippen LogP contribution in [0.3, 0.4) is 0 Å². The summed E-state index contributed by atoms with van der Waals surface area (Å²) in [4.78, 5) is 50.7. The Morgan fingerprint density at radius 2 is 1.97 bits per heavy atom. The van der Waals surface area contributed by atoms with Crippen molar-refractivity contribution >= 4 is 28.7 Å². The number of carbonyl (C=O) groups excluding carboxylic acids is 3. The Morgan fingerprint density at radius 3 is 2.59 bits per heavy atom. The number of aromatic amines is 1. The SMILES string of the molecule is COc1cnc(-n2cnc(C)n2)c2[nH]cc(C(=O)C(=O)NCC3CN(C(=O)OC(C)(C)C)C3)c12. The number of likely N-dealkylation sites (tertiary alicyclic amines) is 1. The Hall–Kier alpha value is -3.96. The minimum Gasteiger partial charge on any atom is -0.494 e. The van der Waals surface area contributed by atoms with Crippen molar-refractivity contribution in [1.82, 2.24) is 34.9 Å². The molecule has 1 saturated heterocycles. The normalized spacial score (nSPS) is 14.1. The molecule has 1 aliphatic heterocycles. The number of nitrogens with zero attached hydrogens (tertiary/aromatic N) is 5. The summed E-state index contributed by atoms with van der Waals surface area (Å²) in [6.07, 6.45) is 4.05. The van der Waals surface area contributed by atoms with Crippen LogP contribution in [0.25, 0.3) is 16.7 Å². The summed E-state index contributed by atoms with van der Waals surface area (Å²) in [6, 6.07) is 0. The van der Waals surface area contributed by atoms with E-state index in [0.29, 0.717) is 41.4 Å². The number of fused-ring (bicyclic) bond motifs is 1. The van der Waals surface area contributed by atoms with Gasteiger partial charge in [0.2, 0.25) is 0 Å². The van der Waals surface area contributed by atoms with Crippen molar-refractivity contribution in [2.75, 3.05) is 26.7 Å². The zero-order chi connectivity index (χ0) is 24.6. The van der Waals surface area contributed by atoms with Crippen LogP contribution in [0.1, 0.15) is 37.0 Å². The molecule has 1 aliphatic rings. The molecule has 0 radical (unpaired) electrons. The predicted molar refractivity (Wildman–Crippen MR) is 121 cm³/mol. The van der Waals surface area contributed by atoms with Crippen LogP contribution in [-0.2, 0) is 9.53 Å². The number of ether oxygens (including phenoxy) is 2. The molecule has 4 rings (SSSR count). The number of aryl methyl sites for hydroxylation is 1. The summed E-state index contributed by atoms with van der Waals surface area (Å²) in [5, 5.41) is 7.36. The monoisotopic (exact) mass is 469 g/mol. The molecule has 0 aromatic carbocycles. The summed E-state index contributed by atoms with van der Waals surface area (Å²) < 4.78 is 12.2.